The molecule has 9 nitrogen and oxygen atoms in total. The van der Waals surface area contributed by atoms with E-state index in [1.807, 2.05) is 33.8 Å². The van der Waals surface area contributed by atoms with Crippen molar-refractivity contribution in [3.63, 3.8) is 0 Å². The van der Waals surface area contributed by atoms with Gasteiger partial charge in [0.05, 0.1) is 19.3 Å². The van der Waals surface area contributed by atoms with E-state index in [1.54, 1.807) is 13.2 Å². The van der Waals surface area contributed by atoms with Gasteiger partial charge in [-0.15, -0.1) is 0 Å². The van der Waals surface area contributed by atoms with Crippen molar-refractivity contribution in [2.45, 2.75) is 77.4 Å². The summed E-state index contributed by atoms with van der Waals surface area (Å²) < 4.78 is 15.7. The summed E-state index contributed by atoms with van der Waals surface area (Å²) in [7, 11) is 1.58. The number of carbonyl (C=O) groups is 1. The van der Waals surface area contributed by atoms with Gasteiger partial charge in [0.2, 0.25) is 5.88 Å². The van der Waals surface area contributed by atoms with Crippen LogP contribution in [0, 0.1) is 0 Å². The molecule has 1 unspecified atom stereocenters. The number of aliphatic hydroxyl groups is 1. The second-order valence-corrected chi connectivity index (χ2v) is 8.38. The molecule has 30 heavy (non-hydrogen) atoms. The fourth-order valence-electron chi connectivity index (χ4n) is 3.31. The molecule has 0 aliphatic heterocycles. The van der Waals surface area contributed by atoms with Crippen molar-refractivity contribution in [1.82, 2.24) is 10.3 Å². The zero-order valence-electron chi connectivity index (χ0n) is 18.7. The first-order chi connectivity index (χ1) is 14.2. The number of hydrogen-bond donors (Lipinski definition) is 4. The van der Waals surface area contributed by atoms with Crippen molar-refractivity contribution in [1.29, 1.82) is 0 Å². The van der Waals surface area contributed by atoms with Crippen molar-refractivity contribution in [3.05, 3.63) is 12.1 Å². The van der Waals surface area contributed by atoms with E-state index in [1.165, 1.54) is 0 Å². The second kappa shape index (κ2) is 11.2. The number of pyridine rings is 1. The molecule has 1 saturated carbocycles. The molecule has 1 aliphatic rings. The van der Waals surface area contributed by atoms with Gasteiger partial charge in [-0.05, 0) is 59.4 Å². The molecule has 4 N–H and O–H groups in total. The minimum atomic E-state index is -0.890. The normalized spacial score (nSPS) is 20.2. The summed E-state index contributed by atoms with van der Waals surface area (Å²) >= 11 is 0. The fraction of sp³-hybridized carbons (Fsp3) is 0.714. The Morgan fingerprint density at radius 1 is 1.23 bits per heavy atom. The molecule has 1 fully saturated rings. The van der Waals surface area contributed by atoms with Gasteiger partial charge in [-0.3, -0.25) is 0 Å². The first kappa shape index (κ1) is 24.0. The molecule has 0 aromatic carbocycles. The Bertz CT molecular complexity index is 672. The molecule has 1 aromatic rings. The molecule has 170 valence electrons. The number of carbonyl (C=O) groups excluding carboxylic acids is 1. The van der Waals surface area contributed by atoms with Gasteiger partial charge >= 0.3 is 6.09 Å². The number of hydrogen-bond acceptors (Lipinski definition) is 8. The highest BCUT2D eigenvalue weighted by Crippen LogP contribution is 2.28. The van der Waals surface area contributed by atoms with Crippen LogP contribution in [0.5, 0.6) is 5.88 Å². The molecular weight excluding hydrogens is 388 g/mol. The third-order valence-corrected chi connectivity index (χ3v) is 4.69. The van der Waals surface area contributed by atoms with Crippen molar-refractivity contribution < 1.29 is 24.1 Å². The van der Waals surface area contributed by atoms with Crippen LogP contribution in [-0.2, 0) is 9.47 Å². The number of anilines is 2. The zero-order chi connectivity index (χ0) is 22.1. The summed E-state index contributed by atoms with van der Waals surface area (Å²) in [5.41, 5.74) is 0.267. The maximum atomic E-state index is 12.0. The summed E-state index contributed by atoms with van der Waals surface area (Å²) in [4.78, 5) is 16.5. The van der Waals surface area contributed by atoms with Crippen LogP contribution in [0.3, 0.4) is 0 Å². The number of alkyl carbamates (subject to hydrolysis) is 1. The number of methoxy groups -OCH3 is 1. The first-order valence-electron chi connectivity index (χ1n) is 10.5. The lowest BCUT2D eigenvalue weighted by molar-refractivity contribution is -0.0837. The Kier molecular flexibility index (Phi) is 8.98. The van der Waals surface area contributed by atoms with Crippen molar-refractivity contribution >= 4 is 17.6 Å². The van der Waals surface area contributed by atoms with Crippen LogP contribution in [0.15, 0.2) is 12.1 Å². The average Bonchev–Trinajstić information content (AvgIpc) is 2.67. The maximum absolute atomic E-state index is 12.0. The second-order valence-electron chi connectivity index (χ2n) is 8.38. The highest BCUT2D eigenvalue weighted by atomic mass is 16.6. The van der Waals surface area contributed by atoms with Gasteiger partial charge in [-0.2, -0.15) is 4.98 Å². The van der Waals surface area contributed by atoms with Crippen LogP contribution >= 0.6 is 0 Å². The third-order valence-electron chi connectivity index (χ3n) is 4.69. The summed E-state index contributed by atoms with van der Waals surface area (Å²) in [6.45, 7) is 8.09. The van der Waals surface area contributed by atoms with Gasteiger partial charge in [0.25, 0.3) is 0 Å². The smallest absolute Gasteiger partial charge is 0.407 e. The molecule has 0 bridgehead atoms. The number of aliphatic hydroxyl groups excluding tert-OH is 1. The van der Waals surface area contributed by atoms with Gasteiger partial charge < -0.3 is 35.3 Å². The Balaban J connectivity index is 1.90. The molecule has 0 spiro atoms. The Morgan fingerprint density at radius 3 is 2.50 bits per heavy atom. The number of rotatable bonds is 9. The number of ether oxygens (including phenoxy) is 3. The molecule has 1 amide bonds. The lowest BCUT2D eigenvalue weighted by Crippen LogP contribution is -2.42. The molecule has 0 radical (unpaired) electrons. The molecular formula is C21H36N4O5. The molecule has 1 aliphatic carbocycles. The van der Waals surface area contributed by atoms with E-state index in [9.17, 15) is 9.90 Å². The van der Waals surface area contributed by atoms with Crippen LogP contribution < -0.4 is 20.7 Å². The van der Waals surface area contributed by atoms with Gasteiger partial charge in [-0.1, -0.05) is 0 Å². The highest BCUT2D eigenvalue weighted by molar-refractivity contribution is 5.68. The number of nitrogens with one attached hydrogen (secondary N) is 3. The summed E-state index contributed by atoms with van der Waals surface area (Å²) in [5.74, 6) is 1.18. The zero-order valence-corrected chi connectivity index (χ0v) is 18.7. The molecule has 1 aromatic heterocycles. The monoisotopic (exact) mass is 424 g/mol. The van der Waals surface area contributed by atoms with E-state index in [2.05, 4.69) is 20.9 Å². The first-order valence-corrected chi connectivity index (χ1v) is 10.5. The van der Waals surface area contributed by atoms with Crippen LogP contribution in [0.4, 0.5) is 16.3 Å². The predicted molar refractivity (Wildman–Crippen MR) is 116 cm³/mol. The van der Waals surface area contributed by atoms with E-state index in [4.69, 9.17) is 14.2 Å². The number of nitrogens with zero attached hydrogens (tertiary/aromatic N) is 1. The van der Waals surface area contributed by atoms with E-state index < -0.39 is 11.9 Å². The van der Waals surface area contributed by atoms with Crippen LogP contribution in [0.2, 0.25) is 0 Å². The molecule has 0 saturated heterocycles. The van der Waals surface area contributed by atoms with Gasteiger partial charge in [0.1, 0.15) is 5.60 Å². The van der Waals surface area contributed by atoms with E-state index >= 15 is 0 Å². The minimum absolute atomic E-state index is 0.107. The Hall–Kier alpha value is -2.26. The molecule has 1 heterocycles. The number of aromatic nitrogens is 1. The van der Waals surface area contributed by atoms with Gasteiger partial charge in [0.15, 0.2) is 12.1 Å². The third kappa shape index (κ3) is 8.23. The quantitative estimate of drug-likeness (QED) is 0.447. The summed E-state index contributed by atoms with van der Waals surface area (Å²) in [5, 5.41) is 19.4. The van der Waals surface area contributed by atoms with Crippen LogP contribution in [0.25, 0.3) is 0 Å². The van der Waals surface area contributed by atoms with E-state index in [-0.39, 0.29) is 24.7 Å². The topological polar surface area (TPSA) is 114 Å². The van der Waals surface area contributed by atoms with Crippen molar-refractivity contribution in [2.24, 2.45) is 0 Å². The Morgan fingerprint density at radius 2 is 1.90 bits per heavy atom. The van der Waals surface area contributed by atoms with Gasteiger partial charge in [0, 0.05) is 24.8 Å². The van der Waals surface area contributed by atoms with Crippen LogP contribution in [-0.4, -0.2) is 60.4 Å². The van der Waals surface area contributed by atoms with Crippen molar-refractivity contribution in [3.8, 4) is 5.88 Å². The van der Waals surface area contributed by atoms with Crippen LogP contribution in [0.1, 0.15) is 53.4 Å². The van der Waals surface area contributed by atoms with E-state index in [0.29, 0.717) is 18.3 Å². The lowest BCUT2D eigenvalue weighted by Gasteiger charge is -2.31. The largest absolute Gasteiger partial charge is 0.481 e. The average molecular weight is 425 g/mol. The lowest BCUT2D eigenvalue weighted by atomic mass is 9.91. The highest BCUT2D eigenvalue weighted by Gasteiger charge is 2.25. The van der Waals surface area contributed by atoms with E-state index in [0.717, 1.165) is 31.4 Å². The summed E-state index contributed by atoms with van der Waals surface area (Å²) in [6, 6.07) is 3.96. The Labute approximate surface area is 178 Å². The predicted octanol–water partition coefficient (Wildman–Crippen LogP) is 3.10. The minimum Gasteiger partial charge on any atom is -0.481 e. The van der Waals surface area contributed by atoms with Gasteiger partial charge in [-0.25, -0.2) is 4.79 Å². The molecule has 9 heteroatoms. The standard InChI is InChI=1S/C21H36N4O5/c1-6-29-18(26)13-22-16-11-12-17(28-5)25-19(16)23-14-7-9-15(10-8-14)24-20(27)30-21(2,3)4/h11-12,14-15,18,22,26H,6-10,13H2,1-5H3,(H,23,25)(H,24,27)/t14-,15-,18?. The SMILES string of the molecule is CCOC(O)CNc1ccc(OC)nc1N[C@H]1CC[C@H](NC(=O)OC(C)(C)C)CC1. The fourth-order valence-corrected chi connectivity index (χ4v) is 3.31. The van der Waals surface area contributed by atoms with Crippen molar-refractivity contribution in [2.75, 3.05) is 30.9 Å². The molecule has 2 rings (SSSR count). The maximum Gasteiger partial charge on any atom is 0.407 e. The molecule has 1 atom stereocenters. The number of amides is 1. The summed E-state index contributed by atoms with van der Waals surface area (Å²) in [6.07, 6.45) is 2.23.